The molecule has 0 saturated heterocycles. The molecule has 0 bridgehead atoms. The van der Waals surface area contributed by atoms with E-state index in [0.29, 0.717) is 24.9 Å². The van der Waals surface area contributed by atoms with Crippen LogP contribution in [0.4, 0.5) is 0 Å². The van der Waals surface area contributed by atoms with Crippen LogP contribution in [0.3, 0.4) is 0 Å². The van der Waals surface area contributed by atoms with Crippen molar-refractivity contribution in [3.8, 4) is 11.1 Å². The van der Waals surface area contributed by atoms with E-state index in [1.54, 1.807) is 12.1 Å². The number of nitrogens with two attached hydrogens (primary N) is 4. The molecule has 0 heterocycles. The van der Waals surface area contributed by atoms with Crippen molar-refractivity contribution in [3.63, 3.8) is 0 Å². The number of primary amides is 1. The van der Waals surface area contributed by atoms with Gasteiger partial charge >= 0.3 is 7.12 Å². The number of hydrogen-bond acceptors (Lipinski definition) is 13. The standard InChI is InChI=1S/C37H57BN10O10/c1-3-4-7-22-9-11-23(12-10-22)24-13-15-25(16-14-24)32(52)43-19-17-29(51)44-26(8-5-6-18-39)33(53)46-30(21(2)49)35(55)47-31(41)36(56)45-27(20-28(40)50)34(54)48-37(42)38(57)58/h9-16,21,26-27,30-31,37,49,57-58H,3-8,17-20,39,41-42H2,1-2H3,(H2,40,50)(H,43,52)(H,44,51)(H,45,56)(H,46,53)(H,47,55)(H,48,54)/t21?,26-,27-,30-,31+,37+/m0/s1. The molecule has 0 aliphatic heterocycles. The third kappa shape index (κ3) is 17.0. The molecule has 6 atom stereocenters. The Morgan fingerprint density at radius 2 is 1.34 bits per heavy atom. The predicted molar refractivity (Wildman–Crippen MR) is 214 cm³/mol. The topological polar surface area (TPSA) is 356 Å². The number of rotatable bonds is 25. The molecule has 0 radical (unpaired) electrons. The first-order chi connectivity index (χ1) is 27.5. The maximum absolute atomic E-state index is 13.4. The lowest BCUT2D eigenvalue weighted by atomic mass is 9.86. The average Bonchev–Trinajstić information content (AvgIpc) is 3.18. The SMILES string of the molecule is CCCCc1ccc(-c2ccc(C(=O)NCCC(=O)N[C@@H](CCCCN)C(=O)N[C@H](C(=O)N[C@@H](N)C(=O)N[C@@H](CC(N)=O)C(=O)N[C@@H](N)B(O)O)C(C)O)cc2)cc1. The van der Waals surface area contributed by atoms with Gasteiger partial charge in [0.05, 0.1) is 12.5 Å². The van der Waals surface area contributed by atoms with Crippen LogP contribution in [0.25, 0.3) is 11.1 Å². The number of aryl methyl sites for hydroxylation is 1. The number of carbonyl (C=O) groups is 7. The molecular formula is C37H57BN10O10. The van der Waals surface area contributed by atoms with Gasteiger partial charge in [-0.3, -0.25) is 33.6 Å². The van der Waals surface area contributed by atoms with Crippen molar-refractivity contribution in [1.82, 2.24) is 31.9 Å². The van der Waals surface area contributed by atoms with E-state index < -0.39 is 91.3 Å². The van der Waals surface area contributed by atoms with Crippen molar-refractivity contribution < 1.29 is 48.7 Å². The predicted octanol–water partition coefficient (Wildman–Crippen LogP) is -3.53. The Morgan fingerprint density at radius 1 is 0.741 bits per heavy atom. The maximum Gasteiger partial charge on any atom is 0.490 e. The Labute approximate surface area is 337 Å². The first-order valence-electron chi connectivity index (χ1n) is 19.0. The highest BCUT2D eigenvalue weighted by Crippen LogP contribution is 2.21. The Bertz CT molecular complexity index is 1680. The van der Waals surface area contributed by atoms with Gasteiger partial charge < -0.3 is 70.0 Å². The number of aliphatic hydroxyl groups is 1. The van der Waals surface area contributed by atoms with E-state index in [2.05, 4.69) is 45.6 Å². The molecule has 2 aromatic carbocycles. The Balaban J connectivity index is 1.99. The number of unbranched alkanes of at least 4 members (excludes halogenated alkanes) is 2. The smallest absolute Gasteiger partial charge is 0.425 e. The number of nitrogens with one attached hydrogen (secondary N) is 6. The third-order valence-electron chi connectivity index (χ3n) is 8.80. The Hall–Kier alpha value is -5.45. The highest BCUT2D eigenvalue weighted by Gasteiger charge is 2.33. The van der Waals surface area contributed by atoms with E-state index in [9.17, 15) is 38.7 Å². The van der Waals surface area contributed by atoms with Crippen molar-refractivity contribution in [2.24, 2.45) is 22.9 Å². The van der Waals surface area contributed by atoms with Gasteiger partial charge in [0, 0.05) is 18.5 Å². The molecule has 7 amide bonds. The Morgan fingerprint density at radius 3 is 1.90 bits per heavy atom. The Kier molecular flexibility index (Phi) is 21.0. The lowest BCUT2D eigenvalue weighted by Crippen LogP contribution is -2.63. The molecule has 0 aromatic heterocycles. The molecule has 318 valence electrons. The molecule has 0 fully saturated rings. The fraction of sp³-hybridized carbons (Fsp3) is 0.486. The van der Waals surface area contributed by atoms with Crippen molar-refractivity contribution in [1.29, 1.82) is 0 Å². The summed E-state index contributed by atoms with van der Waals surface area (Å²) in [7, 11) is -2.18. The van der Waals surface area contributed by atoms with Gasteiger partial charge in [-0.15, -0.1) is 0 Å². The van der Waals surface area contributed by atoms with Gasteiger partial charge in [-0.1, -0.05) is 49.7 Å². The second kappa shape index (κ2) is 25.0. The van der Waals surface area contributed by atoms with Crippen LogP contribution in [0.15, 0.2) is 48.5 Å². The van der Waals surface area contributed by atoms with Gasteiger partial charge in [0.2, 0.25) is 29.5 Å². The zero-order valence-electron chi connectivity index (χ0n) is 32.7. The minimum atomic E-state index is -2.18. The first-order valence-corrected chi connectivity index (χ1v) is 19.0. The molecule has 1 unspecified atom stereocenters. The monoisotopic (exact) mass is 812 g/mol. The summed E-state index contributed by atoms with van der Waals surface area (Å²) >= 11 is 0. The zero-order chi connectivity index (χ0) is 43.4. The molecule has 20 nitrogen and oxygen atoms in total. The number of carbonyl (C=O) groups excluding carboxylic acids is 7. The summed E-state index contributed by atoms with van der Waals surface area (Å²) in [5.41, 5.74) is 25.5. The van der Waals surface area contributed by atoms with Crippen LogP contribution in [0, 0.1) is 0 Å². The van der Waals surface area contributed by atoms with Gasteiger partial charge in [0.1, 0.15) is 24.2 Å². The van der Waals surface area contributed by atoms with Gasteiger partial charge in [0.25, 0.3) is 11.8 Å². The zero-order valence-corrected chi connectivity index (χ0v) is 32.7. The van der Waals surface area contributed by atoms with Crippen molar-refractivity contribution in [2.75, 3.05) is 13.1 Å². The molecule has 2 aromatic rings. The molecule has 17 N–H and O–H groups in total. The van der Waals surface area contributed by atoms with Crippen LogP contribution < -0.4 is 54.8 Å². The second-order valence-corrected chi connectivity index (χ2v) is 13.7. The van der Waals surface area contributed by atoms with Crippen LogP contribution >= 0.6 is 0 Å². The van der Waals surface area contributed by atoms with Gasteiger partial charge in [-0.25, -0.2) is 0 Å². The molecule has 0 saturated carbocycles. The molecule has 0 aliphatic carbocycles. The number of benzene rings is 2. The summed E-state index contributed by atoms with van der Waals surface area (Å²) in [6, 6.07) is 9.07. The van der Waals surface area contributed by atoms with E-state index in [0.717, 1.165) is 30.4 Å². The quantitative estimate of drug-likeness (QED) is 0.0263. The van der Waals surface area contributed by atoms with Crippen molar-refractivity contribution in [3.05, 3.63) is 59.7 Å². The van der Waals surface area contributed by atoms with Gasteiger partial charge in [-0.2, -0.15) is 0 Å². The maximum atomic E-state index is 13.4. The van der Waals surface area contributed by atoms with E-state index in [1.807, 2.05) is 29.6 Å². The third-order valence-corrected chi connectivity index (χ3v) is 8.80. The minimum absolute atomic E-state index is 0.0560. The fourth-order valence-electron chi connectivity index (χ4n) is 5.46. The normalized spacial score (nSPS) is 14.0. The molecule has 2 rings (SSSR count). The van der Waals surface area contributed by atoms with Crippen LogP contribution in [0.5, 0.6) is 0 Å². The minimum Gasteiger partial charge on any atom is -0.425 e. The van der Waals surface area contributed by atoms with E-state index in [-0.39, 0.29) is 19.4 Å². The summed E-state index contributed by atoms with van der Waals surface area (Å²) in [5, 5.41) is 42.3. The number of hydrogen-bond donors (Lipinski definition) is 13. The summed E-state index contributed by atoms with van der Waals surface area (Å²) in [6.07, 6.45) is -0.116. The van der Waals surface area contributed by atoms with E-state index >= 15 is 0 Å². The average molecular weight is 813 g/mol. The lowest BCUT2D eigenvalue weighted by Gasteiger charge is -2.26. The molecule has 0 aliphatic rings. The van der Waals surface area contributed by atoms with Crippen LogP contribution in [-0.4, -0.2) is 113 Å². The summed E-state index contributed by atoms with van der Waals surface area (Å²) in [5.74, 6) is -6.35. The summed E-state index contributed by atoms with van der Waals surface area (Å²) in [4.78, 5) is 88.9. The van der Waals surface area contributed by atoms with Crippen LogP contribution in [0.1, 0.15) is 74.7 Å². The number of amides is 7. The molecular weight excluding hydrogens is 755 g/mol. The first kappa shape index (κ1) is 48.7. The molecule has 21 heteroatoms. The van der Waals surface area contributed by atoms with E-state index in [1.165, 1.54) is 12.5 Å². The molecule has 58 heavy (non-hydrogen) atoms. The van der Waals surface area contributed by atoms with E-state index in [4.69, 9.17) is 33.0 Å². The molecule has 0 spiro atoms. The highest BCUT2D eigenvalue weighted by atomic mass is 16.4. The lowest BCUT2D eigenvalue weighted by molar-refractivity contribution is -0.136. The number of aliphatic hydroxyl groups excluding tert-OH is 1. The van der Waals surface area contributed by atoms with Crippen LogP contribution in [-0.2, 0) is 35.2 Å². The largest absolute Gasteiger partial charge is 0.490 e. The van der Waals surface area contributed by atoms with Crippen molar-refractivity contribution >= 4 is 48.5 Å². The highest BCUT2D eigenvalue weighted by molar-refractivity contribution is 6.43. The summed E-state index contributed by atoms with van der Waals surface area (Å²) < 4.78 is 0. The van der Waals surface area contributed by atoms with Gasteiger partial charge in [0.15, 0.2) is 6.17 Å². The fourth-order valence-corrected chi connectivity index (χ4v) is 5.46. The van der Waals surface area contributed by atoms with Crippen LogP contribution in [0.2, 0.25) is 0 Å². The van der Waals surface area contributed by atoms with Gasteiger partial charge in [-0.05, 0) is 74.4 Å². The second-order valence-electron chi connectivity index (χ2n) is 13.7. The van der Waals surface area contributed by atoms with Crippen molar-refractivity contribution in [2.45, 2.75) is 102 Å². The summed E-state index contributed by atoms with van der Waals surface area (Å²) in [6.45, 7) is 3.57.